The minimum atomic E-state index is -1.03. The lowest BCUT2D eigenvalue weighted by Crippen LogP contribution is -2.53. The number of hydrogen-bond donors (Lipinski definition) is 2. The van der Waals surface area contributed by atoms with Crippen LogP contribution in [0, 0.1) is 16.7 Å². The van der Waals surface area contributed by atoms with E-state index in [1.165, 1.54) is 6.07 Å². The van der Waals surface area contributed by atoms with Crippen LogP contribution in [0.2, 0.25) is 10.0 Å². The summed E-state index contributed by atoms with van der Waals surface area (Å²) in [7, 11) is 0. The molecule has 0 aliphatic heterocycles. The maximum Gasteiger partial charge on any atom is 0.276 e. The highest BCUT2D eigenvalue weighted by atomic mass is 35.5. The zero-order chi connectivity index (χ0) is 19.1. The predicted octanol–water partition coefficient (Wildman–Crippen LogP) is 2.92. The fourth-order valence-electron chi connectivity index (χ4n) is 4.00. The molecular formula is C18H20Cl2N2O4. The lowest BCUT2D eigenvalue weighted by atomic mass is 9.70. The van der Waals surface area contributed by atoms with Gasteiger partial charge in [0.05, 0.1) is 5.02 Å². The summed E-state index contributed by atoms with van der Waals surface area (Å²) in [4.78, 5) is 37.1. The average Bonchev–Trinajstić information content (AvgIpc) is 3.11. The number of Topliss-reactive ketones (excluding diaryl/α,β-unsaturated/α-hetero) is 1. The first-order valence-corrected chi connectivity index (χ1v) is 9.14. The summed E-state index contributed by atoms with van der Waals surface area (Å²) < 4.78 is 5.30. The molecule has 2 aliphatic carbocycles. The number of hydrazine groups is 1. The Morgan fingerprint density at radius 2 is 2.00 bits per heavy atom. The number of hydrogen-bond acceptors (Lipinski definition) is 4. The van der Waals surface area contributed by atoms with Crippen LogP contribution in [0.25, 0.3) is 0 Å². The van der Waals surface area contributed by atoms with E-state index in [-0.39, 0.29) is 23.3 Å². The van der Waals surface area contributed by atoms with Crippen molar-refractivity contribution in [3.05, 3.63) is 28.2 Å². The Kier molecular flexibility index (Phi) is 4.92. The summed E-state index contributed by atoms with van der Waals surface area (Å²) in [5.41, 5.74) is 3.16. The fraction of sp³-hybridized carbons (Fsp3) is 0.500. The molecule has 0 radical (unpaired) electrons. The number of halogens is 2. The SMILES string of the molecule is CC1(C)C(=O)C2(C(=O)NNC(=O)COc3ccc(Cl)cc3Cl)CCC1C2. The van der Waals surface area contributed by atoms with Crippen molar-refractivity contribution in [2.45, 2.75) is 33.1 Å². The van der Waals surface area contributed by atoms with E-state index in [0.29, 0.717) is 23.6 Å². The third-order valence-corrected chi connectivity index (χ3v) is 6.09. The number of carbonyl (C=O) groups excluding carboxylic acids is 3. The smallest absolute Gasteiger partial charge is 0.276 e. The minimum Gasteiger partial charge on any atom is -0.482 e. The Morgan fingerprint density at radius 1 is 1.27 bits per heavy atom. The van der Waals surface area contributed by atoms with Crippen LogP contribution in [0.5, 0.6) is 5.75 Å². The second-order valence-corrected chi connectivity index (χ2v) is 8.28. The summed E-state index contributed by atoms with van der Waals surface area (Å²) in [5.74, 6) is -0.528. The van der Waals surface area contributed by atoms with Crippen LogP contribution in [0.4, 0.5) is 0 Å². The second-order valence-electron chi connectivity index (χ2n) is 7.44. The molecule has 0 saturated heterocycles. The van der Waals surface area contributed by atoms with Gasteiger partial charge in [-0.3, -0.25) is 25.2 Å². The molecule has 6 nitrogen and oxygen atoms in total. The Balaban J connectivity index is 1.53. The van der Waals surface area contributed by atoms with Crippen LogP contribution >= 0.6 is 23.2 Å². The number of nitrogens with one attached hydrogen (secondary N) is 2. The number of benzene rings is 1. The van der Waals surface area contributed by atoms with E-state index in [1.54, 1.807) is 12.1 Å². The van der Waals surface area contributed by atoms with Gasteiger partial charge in [0.2, 0.25) is 0 Å². The lowest BCUT2D eigenvalue weighted by molar-refractivity contribution is -0.146. The number of fused-ring (bicyclic) bond motifs is 2. The summed E-state index contributed by atoms with van der Waals surface area (Å²) in [6.45, 7) is 3.43. The molecule has 3 rings (SSSR count). The highest BCUT2D eigenvalue weighted by Gasteiger charge is 2.65. The molecular weight excluding hydrogens is 379 g/mol. The van der Waals surface area contributed by atoms with E-state index in [1.807, 2.05) is 13.8 Å². The molecule has 8 heteroatoms. The van der Waals surface area contributed by atoms with E-state index >= 15 is 0 Å². The Hall–Kier alpha value is -1.79. The van der Waals surface area contributed by atoms with Crippen molar-refractivity contribution in [1.29, 1.82) is 0 Å². The first kappa shape index (κ1) is 19.0. The van der Waals surface area contributed by atoms with Gasteiger partial charge >= 0.3 is 0 Å². The van der Waals surface area contributed by atoms with Gasteiger partial charge in [-0.25, -0.2) is 0 Å². The molecule has 2 unspecified atom stereocenters. The summed E-state index contributed by atoms with van der Waals surface area (Å²) in [6.07, 6.45) is 1.91. The molecule has 2 atom stereocenters. The first-order valence-electron chi connectivity index (χ1n) is 8.39. The Labute approximate surface area is 161 Å². The number of rotatable bonds is 4. The summed E-state index contributed by atoms with van der Waals surface area (Å²) in [5, 5.41) is 0.737. The molecule has 2 N–H and O–H groups in total. The highest BCUT2D eigenvalue weighted by Crippen LogP contribution is 2.60. The van der Waals surface area contributed by atoms with Gasteiger partial charge in [0.25, 0.3) is 11.8 Å². The van der Waals surface area contributed by atoms with Crippen LogP contribution in [-0.2, 0) is 14.4 Å². The molecule has 2 saturated carbocycles. The lowest BCUT2D eigenvalue weighted by Gasteiger charge is -2.32. The quantitative estimate of drug-likeness (QED) is 0.603. The van der Waals surface area contributed by atoms with E-state index in [4.69, 9.17) is 27.9 Å². The van der Waals surface area contributed by atoms with E-state index in [2.05, 4.69) is 10.9 Å². The molecule has 2 amide bonds. The summed E-state index contributed by atoms with van der Waals surface area (Å²) in [6, 6.07) is 4.64. The molecule has 26 heavy (non-hydrogen) atoms. The van der Waals surface area contributed by atoms with Gasteiger partial charge in [-0.1, -0.05) is 37.0 Å². The standard InChI is InChI=1S/C18H20Cl2N2O4/c1-17(2)10-5-6-18(8-10,15(17)24)16(25)22-21-14(23)9-26-13-4-3-11(19)7-12(13)20/h3-4,7,10H,5-6,8-9H2,1-2H3,(H,21,23)(H,22,25). The molecule has 2 fully saturated rings. The van der Waals surface area contributed by atoms with Crippen molar-refractivity contribution < 1.29 is 19.1 Å². The van der Waals surface area contributed by atoms with Gasteiger partial charge in [-0.2, -0.15) is 0 Å². The van der Waals surface area contributed by atoms with E-state index < -0.39 is 22.6 Å². The first-order chi connectivity index (χ1) is 12.2. The third kappa shape index (κ3) is 3.16. The van der Waals surface area contributed by atoms with Crippen LogP contribution in [0.15, 0.2) is 18.2 Å². The van der Waals surface area contributed by atoms with Gasteiger partial charge in [-0.05, 0) is 43.4 Å². The minimum absolute atomic E-state index is 0.0443. The topological polar surface area (TPSA) is 84.5 Å². The van der Waals surface area contributed by atoms with Gasteiger partial charge in [0, 0.05) is 10.4 Å². The summed E-state index contributed by atoms with van der Waals surface area (Å²) >= 11 is 11.8. The molecule has 140 valence electrons. The Bertz CT molecular complexity index is 780. The fourth-order valence-corrected chi connectivity index (χ4v) is 4.46. The molecule has 2 bridgehead atoms. The zero-order valence-corrected chi connectivity index (χ0v) is 16.0. The van der Waals surface area contributed by atoms with Crippen LogP contribution in [-0.4, -0.2) is 24.2 Å². The predicted molar refractivity (Wildman–Crippen MR) is 96.8 cm³/mol. The van der Waals surface area contributed by atoms with Gasteiger partial charge in [0.1, 0.15) is 11.2 Å². The molecule has 1 aromatic rings. The second kappa shape index (κ2) is 6.74. The van der Waals surface area contributed by atoms with E-state index in [0.717, 1.165) is 6.42 Å². The zero-order valence-electron chi connectivity index (χ0n) is 14.5. The largest absolute Gasteiger partial charge is 0.482 e. The van der Waals surface area contributed by atoms with Gasteiger partial charge in [0.15, 0.2) is 12.4 Å². The van der Waals surface area contributed by atoms with Crippen molar-refractivity contribution in [3.63, 3.8) is 0 Å². The van der Waals surface area contributed by atoms with Gasteiger partial charge < -0.3 is 4.74 Å². The van der Waals surface area contributed by atoms with Crippen molar-refractivity contribution in [2.75, 3.05) is 6.61 Å². The van der Waals surface area contributed by atoms with Crippen molar-refractivity contribution >= 4 is 40.8 Å². The molecule has 0 aromatic heterocycles. The van der Waals surface area contributed by atoms with E-state index in [9.17, 15) is 14.4 Å². The number of amides is 2. The monoisotopic (exact) mass is 398 g/mol. The van der Waals surface area contributed by atoms with Crippen molar-refractivity contribution in [3.8, 4) is 5.75 Å². The van der Waals surface area contributed by atoms with Crippen molar-refractivity contribution in [2.24, 2.45) is 16.7 Å². The van der Waals surface area contributed by atoms with Gasteiger partial charge in [-0.15, -0.1) is 0 Å². The Morgan fingerprint density at radius 3 is 2.62 bits per heavy atom. The molecule has 0 heterocycles. The number of carbonyl (C=O) groups is 3. The highest BCUT2D eigenvalue weighted by molar-refractivity contribution is 6.35. The number of ketones is 1. The van der Waals surface area contributed by atoms with Crippen molar-refractivity contribution in [1.82, 2.24) is 10.9 Å². The molecule has 2 aliphatic rings. The third-order valence-electron chi connectivity index (χ3n) is 5.56. The molecule has 0 spiro atoms. The van der Waals surface area contributed by atoms with Crippen LogP contribution in [0.1, 0.15) is 33.1 Å². The molecule has 1 aromatic carbocycles. The normalized spacial score (nSPS) is 25.8. The maximum absolute atomic E-state index is 12.6. The average molecular weight is 399 g/mol. The maximum atomic E-state index is 12.6. The number of ether oxygens (including phenoxy) is 1. The van der Waals surface area contributed by atoms with Crippen LogP contribution in [0.3, 0.4) is 0 Å². The van der Waals surface area contributed by atoms with Crippen LogP contribution < -0.4 is 15.6 Å².